The first kappa shape index (κ1) is 22.0. The van der Waals surface area contributed by atoms with Crippen LogP contribution in [0.2, 0.25) is 5.02 Å². The van der Waals surface area contributed by atoms with E-state index in [0.29, 0.717) is 22.2 Å². The Labute approximate surface area is 193 Å². The van der Waals surface area contributed by atoms with E-state index in [4.69, 9.17) is 25.8 Å². The van der Waals surface area contributed by atoms with Crippen LogP contribution in [0.1, 0.15) is 30.9 Å². The first-order valence-corrected chi connectivity index (χ1v) is 11.1. The van der Waals surface area contributed by atoms with Crippen LogP contribution in [0.15, 0.2) is 60.7 Å². The summed E-state index contributed by atoms with van der Waals surface area (Å²) in [5.74, 6) is 2.34. The van der Waals surface area contributed by atoms with Crippen LogP contribution in [0.25, 0.3) is 0 Å². The molecule has 4 rings (SSSR count). The summed E-state index contributed by atoms with van der Waals surface area (Å²) in [5, 5.41) is 3.39. The van der Waals surface area contributed by atoms with E-state index in [1.165, 1.54) is 17.5 Å². The van der Waals surface area contributed by atoms with E-state index >= 15 is 0 Å². The zero-order chi connectivity index (χ0) is 22.5. The van der Waals surface area contributed by atoms with E-state index in [1.54, 1.807) is 56.5 Å². The van der Waals surface area contributed by atoms with Crippen LogP contribution in [-0.2, 0) is 17.6 Å². The first-order valence-electron chi connectivity index (χ1n) is 10.7. The molecule has 0 fully saturated rings. The summed E-state index contributed by atoms with van der Waals surface area (Å²) in [4.78, 5) is 12.9. The number of carbonyl (C=O) groups excluding carboxylic acids is 1. The smallest absolute Gasteiger partial charge is 0.265 e. The Hall–Kier alpha value is -3.18. The predicted molar refractivity (Wildman–Crippen MR) is 126 cm³/mol. The molecule has 0 saturated heterocycles. The van der Waals surface area contributed by atoms with Gasteiger partial charge in [-0.25, -0.2) is 0 Å². The molecule has 1 amide bonds. The molecule has 3 aromatic carbocycles. The number of anilines is 1. The summed E-state index contributed by atoms with van der Waals surface area (Å²) in [7, 11) is 1.61. The van der Waals surface area contributed by atoms with Gasteiger partial charge in [-0.2, -0.15) is 0 Å². The van der Waals surface area contributed by atoms with Crippen LogP contribution in [0.4, 0.5) is 5.69 Å². The fourth-order valence-corrected chi connectivity index (χ4v) is 3.97. The lowest BCUT2D eigenvalue weighted by Crippen LogP contribution is -2.30. The van der Waals surface area contributed by atoms with Crippen molar-refractivity contribution < 1.29 is 19.0 Å². The lowest BCUT2D eigenvalue weighted by molar-refractivity contribution is -0.122. The molecule has 3 aromatic rings. The molecule has 0 spiro atoms. The maximum absolute atomic E-state index is 12.9. The minimum Gasteiger partial charge on any atom is -0.497 e. The normalized spacial score (nSPS) is 13.6. The van der Waals surface area contributed by atoms with Gasteiger partial charge < -0.3 is 19.5 Å². The fourth-order valence-electron chi connectivity index (χ4n) is 3.79. The largest absolute Gasteiger partial charge is 0.497 e. The van der Waals surface area contributed by atoms with E-state index in [0.717, 1.165) is 30.8 Å². The quantitative estimate of drug-likeness (QED) is 0.450. The number of carbonyl (C=O) groups is 1. The van der Waals surface area contributed by atoms with Gasteiger partial charge in [-0.1, -0.05) is 23.7 Å². The second kappa shape index (κ2) is 9.96. The average molecular weight is 452 g/mol. The molecule has 0 aromatic heterocycles. The van der Waals surface area contributed by atoms with Gasteiger partial charge in [0.05, 0.1) is 12.8 Å². The van der Waals surface area contributed by atoms with Gasteiger partial charge in [-0.05, 0) is 92.3 Å². The van der Waals surface area contributed by atoms with E-state index in [-0.39, 0.29) is 5.91 Å². The molecule has 0 bridgehead atoms. The molecular formula is C26H26ClNO4. The highest BCUT2D eigenvalue weighted by atomic mass is 35.5. The van der Waals surface area contributed by atoms with Crippen molar-refractivity contribution in [3.8, 4) is 23.0 Å². The summed E-state index contributed by atoms with van der Waals surface area (Å²) >= 11 is 6.18. The van der Waals surface area contributed by atoms with Crippen molar-refractivity contribution in [3.05, 3.63) is 76.8 Å². The molecule has 0 heterocycles. The van der Waals surface area contributed by atoms with E-state index in [9.17, 15) is 4.79 Å². The molecule has 1 aliphatic rings. The van der Waals surface area contributed by atoms with Crippen LogP contribution >= 0.6 is 11.6 Å². The number of amides is 1. The lowest BCUT2D eigenvalue weighted by atomic mass is 9.91. The van der Waals surface area contributed by atoms with Crippen molar-refractivity contribution in [2.24, 2.45) is 0 Å². The summed E-state index contributed by atoms with van der Waals surface area (Å²) in [6.45, 7) is 1.74. The van der Waals surface area contributed by atoms with Gasteiger partial charge in [0.25, 0.3) is 5.91 Å². The summed E-state index contributed by atoms with van der Waals surface area (Å²) in [6.07, 6.45) is 3.69. The van der Waals surface area contributed by atoms with Crippen LogP contribution in [0.3, 0.4) is 0 Å². The third-order valence-electron chi connectivity index (χ3n) is 5.51. The first-order chi connectivity index (χ1) is 15.5. The molecule has 0 aliphatic heterocycles. The molecule has 1 aliphatic carbocycles. The van der Waals surface area contributed by atoms with E-state index in [1.807, 2.05) is 12.1 Å². The van der Waals surface area contributed by atoms with Gasteiger partial charge in [0.2, 0.25) is 0 Å². The van der Waals surface area contributed by atoms with Crippen molar-refractivity contribution in [1.29, 1.82) is 0 Å². The maximum atomic E-state index is 12.9. The number of halogens is 1. The fraction of sp³-hybridized carbons (Fsp3) is 0.269. The second-order valence-electron chi connectivity index (χ2n) is 7.77. The molecular weight excluding hydrogens is 426 g/mol. The van der Waals surface area contributed by atoms with E-state index in [2.05, 4.69) is 11.4 Å². The number of nitrogens with one attached hydrogen (secondary N) is 1. The maximum Gasteiger partial charge on any atom is 0.265 e. The Bertz CT molecular complexity index is 1100. The highest BCUT2D eigenvalue weighted by molar-refractivity contribution is 6.31. The number of hydrogen-bond donors (Lipinski definition) is 1. The van der Waals surface area contributed by atoms with Gasteiger partial charge in [0.1, 0.15) is 17.2 Å². The number of methoxy groups -OCH3 is 1. The lowest BCUT2D eigenvalue weighted by Gasteiger charge is -2.22. The average Bonchev–Trinajstić information content (AvgIpc) is 2.81. The number of aryl methyl sites for hydroxylation is 1. The molecule has 166 valence electrons. The van der Waals surface area contributed by atoms with Crippen LogP contribution < -0.4 is 19.5 Å². The Morgan fingerprint density at radius 3 is 2.50 bits per heavy atom. The monoisotopic (exact) mass is 451 g/mol. The Morgan fingerprint density at radius 2 is 1.72 bits per heavy atom. The summed E-state index contributed by atoms with van der Waals surface area (Å²) in [6, 6.07) is 18.4. The van der Waals surface area contributed by atoms with Gasteiger partial charge in [-0.15, -0.1) is 0 Å². The standard InChI is InChI=1S/C26H26ClNO4/c1-17(31-24-9-5-7-18-6-3-4-8-22(18)24)26(29)28-23-16-19(27)10-15-25(23)32-21-13-11-20(30-2)12-14-21/h5,7,9-17H,3-4,6,8H2,1-2H3,(H,28,29)/t17-/m1/s1. The van der Waals surface area contributed by atoms with E-state index < -0.39 is 6.10 Å². The Balaban J connectivity index is 1.48. The minimum atomic E-state index is -0.684. The predicted octanol–water partition coefficient (Wildman–Crippen LogP) is 6.43. The number of rotatable bonds is 7. The summed E-state index contributed by atoms with van der Waals surface area (Å²) in [5.41, 5.74) is 3.00. The Morgan fingerprint density at radius 1 is 0.969 bits per heavy atom. The van der Waals surface area contributed by atoms with Gasteiger partial charge in [-0.3, -0.25) is 4.79 Å². The van der Waals surface area contributed by atoms with Gasteiger partial charge in [0.15, 0.2) is 11.9 Å². The topological polar surface area (TPSA) is 56.8 Å². The van der Waals surface area contributed by atoms with Crippen LogP contribution in [-0.4, -0.2) is 19.1 Å². The van der Waals surface area contributed by atoms with Crippen LogP contribution in [0, 0.1) is 0 Å². The minimum absolute atomic E-state index is 0.278. The number of hydrogen-bond acceptors (Lipinski definition) is 4. The highest BCUT2D eigenvalue weighted by Crippen LogP contribution is 2.34. The Kier molecular flexibility index (Phi) is 6.86. The molecule has 5 nitrogen and oxygen atoms in total. The zero-order valence-corrected chi connectivity index (χ0v) is 18.9. The highest BCUT2D eigenvalue weighted by Gasteiger charge is 2.21. The third-order valence-corrected chi connectivity index (χ3v) is 5.75. The van der Waals surface area contributed by atoms with Gasteiger partial charge >= 0.3 is 0 Å². The van der Waals surface area contributed by atoms with Crippen molar-refractivity contribution in [1.82, 2.24) is 0 Å². The SMILES string of the molecule is COc1ccc(Oc2ccc(Cl)cc2NC(=O)[C@@H](C)Oc2cccc3c2CCCC3)cc1. The molecule has 1 N–H and O–H groups in total. The number of benzene rings is 3. The third kappa shape index (κ3) is 5.17. The number of fused-ring (bicyclic) bond motifs is 1. The van der Waals surface area contributed by atoms with Crippen molar-refractivity contribution >= 4 is 23.2 Å². The molecule has 6 heteroatoms. The molecule has 0 radical (unpaired) electrons. The van der Waals surface area contributed by atoms with Crippen molar-refractivity contribution in [2.45, 2.75) is 38.7 Å². The molecule has 0 unspecified atom stereocenters. The number of ether oxygens (including phenoxy) is 3. The molecule has 1 atom stereocenters. The van der Waals surface area contributed by atoms with Crippen LogP contribution in [0.5, 0.6) is 23.0 Å². The van der Waals surface area contributed by atoms with Gasteiger partial charge in [0, 0.05) is 5.02 Å². The second-order valence-corrected chi connectivity index (χ2v) is 8.20. The zero-order valence-electron chi connectivity index (χ0n) is 18.2. The van der Waals surface area contributed by atoms with Crippen molar-refractivity contribution in [2.75, 3.05) is 12.4 Å². The van der Waals surface area contributed by atoms with Crippen molar-refractivity contribution in [3.63, 3.8) is 0 Å². The molecule has 32 heavy (non-hydrogen) atoms. The summed E-state index contributed by atoms with van der Waals surface area (Å²) < 4.78 is 17.2. The molecule has 0 saturated carbocycles.